The fourth-order valence-corrected chi connectivity index (χ4v) is 1.33. The average Bonchev–Trinajstić information content (AvgIpc) is 2.29. The maximum absolute atomic E-state index is 12.7. The van der Waals surface area contributed by atoms with Crippen molar-refractivity contribution in [2.45, 2.75) is 12.3 Å². The first-order valence-corrected chi connectivity index (χ1v) is 3.65. The molecule has 1 heterocycles. The minimum Gasteiger partial charge on any atom is -0.319 e. The van der Waals surface area contributed by atoms with Crippen LogP contribution < -0.4 is 5.32 Å². The second-order valence-electron chi connectivity index (χ2n) is 2.95. The number of rotatable bonds is 0. The summed E-state index contributed by atoms with van der Waals surface area (Å²) >= 11 is 0. The van der Waals surface area contributed by atoms with Gasteiger partial charge in [0.2, 0.25) is 5.78 Å². The molecule has 0 fully saturated rings. The lowest BCUT2D eigenvalue weighted by atomic mass is 9.98. The van der Waals surface area contributed by atoms with Crippen LogP contribution in [0.3, 0.4) is 0 Å². The van der Waals surface area contributed by atoms with E-state index in [0.29, 0.717) is 6.08 Å². The molecule has 2 aliphatic rings. The van der Waals surface area contributed by atoms with E-state index in [9.17, 15) is 18.4 Å². The van der Waals surface area contributed by atoms with E-state index in [2.05, 4.69) is 5.32 Å². The summed E-state index contributed by atoms with van der Waals surface area (Å²) in [6.07, 6.45) is 1.07. The molecule has 0 bridgehead atoms. The van der Waals surface area contributed by atoms with Crippen molar-refractivity contribution in [1.29, 1.82) is 0 Å². The van der Waals surface area contributed by atoms with Crippen LogP contribution in [0.1, 0.15) is 6.42 Å². The highest BCUT2D eigenvalue weighted by Crippen LogP contribution is 2.33. The van der Waals surface area contributed by atoms with Crippen molar-refractivity contribution in [1.82, 2.24) is 5.32 Å². The molecule has 1 aliphatic heterocycles. The van der Waals surface area contributed by atoms with Gasteiger partial charge in [0.05, 0.1) is 0 Å². The van der Waals surface area contributed by atoms with Gasteiger partial charge in [-0.2, -0.15) is 0 Å². The number of amides is 1. The molecule has 3 nitrogen and oxygen atoms in total. The van der Waals surface area contributed by atoms with Crippen LogP contribution in [-0.4, -0.2) is 17.6 Å². The van der Waals surface area contributed by atoms with Crippen LogP contribution in [0, 0.1) is 0 Å². The van der Waals surface area contributed by atoms with Crippen molar-refractivity contribution >= 4 is 11.7 Å². The van der Waals surface area contributed by atoms with Crippen LogP contribution in [0.5, 0.6) is 0 Å². The summed E-state index contributed by atoms with van der Waals surface area (Å²) in [5.74, 6) is -4.69. The predicted octanol–water partition coefficient (Wildman–Crippen LogP) is 0.535. The third-order valence-corrected chi connectivity index (χ3v) is 1.96. The predicted molar refractivity (Wildman–Crippen MR) is 38.9 cm³/mol. The molecule has 0 aromatic rings. The van der Waals surface area contributed by atoms with Crippen molar-refractivity contribution in [3.05, 3.63) is 23.4 Å². The number of Topliss-reactive ketones (excluding diaryl/α,β-unsaturated/α-hetero) is 1. The van der Waals surface area contributed by atoms with Gasteiger partial charge < -0.3 is 5.32 Å². The molecular formula is C8H5F2NO2. The first-order chi connectivity index (χ1) is 5.99. The van der Waals surface area contributed by atoms with E-state index in [-0.39, 0.29) is 11.3 Å². The molecule has 5 heteroatoms. The number of hydrogen-bond donors (Lipinski definition) is 1. The zero-order valence-corrected chi connectivity index (χ0v) is 6.43. The summed E-state index contributed by atoms with van der Waals surface area (Å²) in [5, 5.41) is 2.21. The van der Waals surface area contributed by atoms with E-state index < -0.39 is 24.0 Å². The van der Waals surface area contributed by atoms with E-state index in [0.717, 1.165) is 6.08 Å². The van der Waals surface area contributed by atoms with E-state index in [4.69, 9.17) is 0 Å². The first-order valence-electron chi connectivity index (χ1n) is 3.65. The minimum absolute atomic E-state index is 0.113. The summed E-state index contributed by atoms with van der Waals surface area (Å²) in [6.45, 7) is 0. The van der Waals surface area contributed by atoms with Crippen molar-refractivity contribution in [3.63, 3.8) is 0 Å². The largest absolute Gasteiger partial charge is 0.319 e. The van der Waals surface area contributed by atoms with Gasteiger partial charge >= 0.3 is 0 Å². The smallest absolute Gasteiger partial charge is 0.296 e. The number of ketones is 1. The maximum Gasteiger partial charge on any atom is 0.296 e. The lowest BCUT2D eigenvalue weighted by molar-refractivity contribution is -0.134. The molecule has 1 aliphatic carbocycles. The Morgan fingerprint density at radius 1 is 1.38 bits per heavy atom. The van der Waals surface area contributed by atoms with Crippen LogP contribution in [0.15, 0.2) is 23.4 Å². The average molecular weight is 185 g/mol. The molecule has 2 rings (SSSR count). The van der Waals surface area contributed by atoms with Crippen molar-refractivity contribution < 1.29 is 18.4 Å². The Hall–Kier alpha value is -1.52. The number of carbonyl (C=O) groups excluding carboxylic acids is 2. The Labute approximate surface area is 72.1 Å². The number of allylic oxidation sites excluding steroid dienone is 2. The minimum atomic E-state index is -3.01. The second-order valence-corrected chi connectivity index (χ2v) is 2.95. The van der Waals surface area contributed by atoms with E-state index in [1.807, 2.05) is 0 Å². The topological polar surface area (TPSA) is 46.2 Å². The van der Waals surface area contributed by atoms with Gasteiger partial charge in [-0.05, 0) is 12.2 Å². The monoisotopic (exact) mass is 185 g/mol. The fraction of sp³-hybridized carbons (Fsp3) is 0.250. The summed E-state index contributed by atoms with van der Waals surface area (Å²) in [4.78, 5) is 21.8. The van der Waals surface area contributed by atoms with E-state index >= 15 is 0 Å². The van der Waals surface area contributed by atoms with Crippen LogP contribution >= 0.6 is 0 Å². The van der Waals surface area contributed by atoms with Crippen LogP contribution in [-0.2, 0) is 9.59 Å². The standard InChI is InChI=1S/C8H5F2NO2/c9-8(10)2-1-5-4(3-8)6(12)7(13)11-5/h1-2H,3H2,(H,11,12,13). The zero-order valence-electron chi connectivity index (χ0n) is 6.43. The molecule has 0 atom stereocenters. The van der Waals surface area contributed by atoms with Gasteiger partial charge in [-0.3, -0.25) is 9.59 Å². The number of nitrogens with one attached hydrogen (secondary N) is 1. The molecule has 0 spiro atoms. The molecule has 0 saturated heterocycles. The summed E-state index contributed by atoms with van der Waals surface area (Å²) in [5.41, 5.74) is 0.0958. The fourth-order valence-electron chi connectivity index (χ4n) is 1.33. The molecule has 0 aromatic carbocycles. The normalized spacial score (nSPS) is 24.8. The highest BCUT2D eigenvalue weighted by Gasteiger charge is 2.40. The number of carbonyl (C=O) groups is 2. The molecule has 13 heavy (non-hydrogen) atoms. The van der Waals surface area contributed by atoms with Crippen molar-refractivity contribution in [3.8, 4) is 0 Å². The maximum atomic E-state index is 12.7. The molecule has 0 radical (unpaired) electrons. The Bertz CT molecular complexity index is 368. The second kappa shape index (κ2) is 2.25. The Balaban J connectivity index is 2.39. The summed E-state index contributed by atoms with van der Waals surface area (Å²) in [7, 11) is 0. The van der Waals surface area contributed by atoms with Gasteiger partial charge in [0, 0.05) is 17.7 Å². The molecule has 1 amide bonds. The van der Waals surface area contributed by atoms with Gasteiger partial charge in [-0.1, -0.05) is 0 Å². The molecule has 0 saturated carbocycles. The number of alkyl halides is 2. The van der Waals surface area contributed by atoms with Crippen molar-refractivity contribution in [2.75, 3.05) is 0 Å². The Morgan fingerprint density at radius 3 is 2.77 bits per heavy atom. The Morgan fingerprint density at radius 2 is 2.08 bits per heavy atom. The first kappa shape index (κ1) is 8.10. The van der Waals surface area contributed by atoms with Gasteiger partial charge in [-0.15, -0.1) is 0 Å². The highest BCUT2D eigenvalue weighted by atomic mass is 19.3. The van der Waals surface area contributed by atoms with Gasteiger partial charge in [0.25, 0.3) is 11.8 Å². The molecular weight excluding hydrogens is 180 g/mol. The van der Waals surface area contributed by atoms with Crippen LogP contribution in [0.25, 0.3) is 0 Å². The van der Waals surface area contributed by atoms with Gasteiger partial charge in [0.1, 0.15) is 0 Å². The third-order valence-electron chi connectivity index (χ3n) is 1.96. The molecule has 68 valence electrons. The lowest BCUT2D eigenvalue weighted by Crippen LogP contribution is -2.21. The SMILES string of the molecule is O=C1NC2=C(CC(F)(F)C=C2)C1=O. The Kier molecular flexibility index (Phi) is 1.40. The van der Waals surface area contributed by atoms with Gasteiger partial charge in [-0.25, -0.2) is 8.78 Å². The zero-order chi connectivity index (χ0) is 9.64. The lowest BCUT2D eigenvalue weighted by Gasteiger charge is -2.15. The van der Waals surface area contributed by atoms with Crippen LogP contribution in [0.2, 0.25) is 0 Å². The highest BCUT2D eigenvalue weighted by molar-refractivity contribution is 6.45. The van der Waals surface area contributed by atoms with Gasteiger partial charge in [0.15, 0.2) is 0 Å². The molecule has 1 N–H and O–H groups in total. The molecule has 0 aromatic heterocycles. The van der Waals surface area contributed by atoms with Crippen LogP contribution in [0.4, 0.5) is 8.78 Å². The van der Waals surface area contributed by atoms with E-state index in [1.165, 1.54) is 0 Å². The number of halogens is 2. The third kappa shape index (κ3) is 1.16. The summed E-state index contributed by atoms with van der Waals surface area (Å²) < 4.78 is 25.5. The quantitative estimate of drug-likeness (QED) is 0.559. The van der Waals surface area contributed by atoms with E-state index in [1.54, 1.807) is 0 Å². The number of hydrogen-bond acceptors (Lipinski definition) is 2. The molecule has 0 unspecified atom stereocenters. The summed E-state index contributed by atoms with van der Waals surface area (Å²) in [6, 6.07) is 0. The van der Waals surface area contributed by atoms with Crippen molar-refractivity contribution in [2.24, 2.45) is 0 Å².